The molecule has 3 aromatic heterocycles. The Morgan fingerprint density at radius 1 is 0.742 bits per heavy atom. The highest BCUT2D eigenvalue weighted by atomic mass is 35.5. The number of para-hydroxylation sites is 1. The molecule has 31 heavy (non-hydrogen) atoms. The quantitative estimate of drug-likeness (QED) is 0.243. The van der Waals surface area contributed by atoms with Gasteiger partial charge in [-0.15, -0.1) is 11.3 Å². The predicted octanol–water partition coefficient (Wildman–Crippen LogP) is 8.22. The lowest BCUT2D eigenvalue weighted by atomic mass is 10.0. The van der Waals surface area contributed by atoms with Crippen molar-refractivity contribution in [3.8, 4) is 11.3 Å². The number of hydrogen-bond donors (Lipinski definition) is 0. The van der Waals surface area contributed by atoms with Gasteiger partial charge in [-0.2, -0.15) is 0 Å². The van der Waals surface area contributed by atoms with Gasteiger partial charge in [-0.25, -0.2) is 9.97 Å². The van der Waals surface area contributed by atoms with Gasteiger partial charge in [0.15, 0.2) is 0 Å². The monoisotopic (exact) mass is 436 g/mol. The van der Waals surface area contributed by atoms with Crippen molar-refractivity contribution in [2.75, 3.05) is 0 Å². The van der Waals surface area contributed by atoms with Crippen molar-refractivity contribution in [1.29, 1.82) is 0 Å². The second-order valence-electron chi connectivity index (χ2n) is 7.56. The zero-order chi connectivity index (χ0) is 20.5. The summed E-state index contributed by atoms with van der Waals surface area (Å²) in [7, 11) is 0. The minimum Gasteiger partial charge on any atom is -0.455 e. The molecule has 0 fully saturated rings. The number of benzene rings is 4. The first-order chi connectivity index (χ1) is 15.3. The number of hydrogen-bond acceptors (Lipinski definition) is 4. The van der Waals surface area contributed by atoms with Gasteiger partial charge in [0.2, 0.25) is 5.28 Å². The molecule has 0 aliphatic carbocycles. The Morgan fingerprint density at radius 2 is 1.55 bits per heavy atom. The lowest BCUT2D eigenvalue weighted by molar-refractivity contribution is 0.670. The lowest BCUT2D eigenvalue weighted by Crippen LogP contribution is -1.89. The van der Waals surface area contributed by atoms with Gasteiger partial charge in [0, 0.05) is 26.4 Å². The Labute approximate surface area is 185 Å². The maximum atomic E-state index is 6.41. The fourth-order valence-corrected chi connectivity index (χ4v) is 5.82. The summed E-state index contributed by atoms with van der Waals surface area (Å²) in [6.07, 6.45) is 0. The van der Waals surface area contributed by atoms with Crippen LogP contribution in [0.4, 0.5) is 0 Å². The molecule has 0 aliphatic rings. The van der Waals surface area contributed by atoms with E-state index in [1.165, 1.54) is 10.8 Å². The van der Waals surface area contributed by atoms with E-state index in [9.17, 15) is 0 Å². The van der Waals surface area contributed by atoms with Crippen molar-refractivity contribution in [3.05, 3.63) is 84.1 Å². The van der Waals surface area contributed by atoms with Crippen molar-refractivity contribution in [2.45, 2.75) is 0 Å². The van der Waals surface area contributed by atoms with Crippen molar-refractivity contribution in [1.82, 2.24) is 9.97 Å². The van der Waals surface area contributed by atoms with Crippen molar-refractivity contribution in [2.24, 2.45) is 0 Å². The Hall–Kier alpha value is -3.47. The van der Waals surface area contributed by atoms with Crippen LogP contribution in [0.2, 0.25) is 5.28 Å². The number of nitrogens with zero attached hydrogens (tertiary/aromatic N) is 2. The fourth-order valence-electron chi connectivity index (χ4n) is 4.50. The summed E-state index contributed by atoms with van der Waals surface area (Å²) in [6, 6.07) is 27.0. The van der Waals surface area contributed by atoms with E-state index in [0.29, 0.717) is 0 Å². The Morgan fingerprint density at radius 3 is 2.48 bits per heavy atom. The number of halogens is 1. The molecule has 0 unspecified atom stereocenters. The highest BCUT2D eigenvalue weighted by molar-refractivity contribution is 7.26. The van der Waals surface area contributed by atoms with Gasteiger partial charge in [0.1, 0.15) is 11.2 Å². The minimum atomic E-state index is 0.240. The van der Waals surface area contributed by atoms with Gasteiger partial charge in [-0.1, -0.05) is 60.7 Å². The topological polar surface area (TPSA) is 38.9 Å². The maximum Gasteiger partial charge on any atom is 0.223 e. The predicted molar refractivity (Wildman–Crippen MR) is 130 cm³/mol. The van der Waals surface area contributed by atoms with E-state index in [1.54, 1.807) is 11.3 Å². The molecule has 0 bridgehead atoms. The molecule has 0 N–H and O–H groups in total. The number of aromatic nitrogens is 2. The third-order valence-corrected chi connectivity index (χ3v) is 7.17. The first kappa shape index (κ1) is 17.2. The molecule has 0 saturated heterocycles. The van der Waals surface area contributed by atoms with Gasteiger partial charge in [-0.3, -0.25) is 0 Å². The third-order valence-electron chi connectivity index (χ3n) is 5.83. The molecule has 7 aromatic rings. The molecule has 5 heteroatoms. The standard InChI is InChI=1S/C26H13ClN2OS/c27-26-28-22-16-8-3-4-11-20(16)31-25(22)23(29-26)18-10-5-9-17-21-15-7-2-1-6-14(15)12-13-19(21)30-24(17)18/h1-13H. The molecular weight excluding hydrogens is 424 g/mol. The van der Waals surface area contributed by atoms with Crippen molar-refractivity contribution >= 4 is 76.0 Å². The summed E-state index contributed by atoms with van der Waals surface area (Å²) >= 11 is 8.08. The molecule has 0 spiro atoms. The molecule has 0 aliphatic heterocycles. The smallest absolute Gasteiger partial charge is 0.223 e. The largest absolute Gasteiger partial charge is 0.455 e. The van der Waals surface area contributed by atoms with Crippen LogP contribution in [0.1, 0.15) is 0 Å². The summed E-state index contributed by atoms with van der Waals surface area (Å²) in [5.41, 5.74) is 4.31. The van der Waals surface area contributed by atoms with Crippen LogP contribution < -0.4 is 0 Å². The first-order valence-electron chi connectivity index (χ1n) is 9.96. The normalized spacial score (nSPS) is 12.0. The fraction of sp³-hybridized carbons (Fsp3) is 0. The first-order valence-corrected chi connectivity index (χ1v) is 11.2. The van der Waals surface area contributed by atoms with Crippen LogP contribution in [0.15, 0.2) is 83.3 Å². The summed E-state index contributed by atoms with van der Waals surface area (Å²) < 4.78 is 8.59. The van der Waals surface area contributed by atoms with E-state index in [2.05, 4.69) is 70.6 Å². The van der Waals surface area contributed by atoms with Gasteiger partial charge in [0.25, 0.3) is 0 Å². The molecule has 0 saturated carbocycles. The van der Waals surface area contributed by atoms with E-state index in [1.807, 2.05) is 18.2 Å². The number of fused-ring (bicyclic) bond motifs is 8. The van der Waals surface area contributed by atoms with Crippen LogP contribution in [0.25, 0.3) is 64.3 Å². The van der Waals surface area contributed by atoms with E-state index in [0.717, 1.165) is 53.5 Å². The minimum absolute atomic E-state index is 0.240. The van der Waals surface area contributed by atoms with Crippen LogP contribution >= 0.6 is 22.9 Å². The van der Waals surface area contributed by atoms with Crippen molar-refractivity contribution < 1.29 is 4.42 Å². The van der Waals surface area contributed by atoms with Crippen molar-refractivity contribution in [3.63, 3.8) is 0 Å². The molecule has 4 aromatic carbocycles. The van der Waals surface area contributed by atoms with Crippen LogP contribution in [0, 0.1) is 0 Å². The van der Waals surface area contributed by atoms with Gasteiger partial charge >= 0.3 is 0 Å². The number of rotatable bonds is 1. The van der Waals surface area contributed by atoms with E-state index in [4.69, 9.17) is 16.0 Å². The summed E-state index contributed by atoms with van der Waals surface area (Å²) in [4.78, 5) is 9.20. The molecule has 0 radical (unpaired) electrons. The summed E-state index contributed by atoms with van der Waals surface area (Å²) in [6.45, 7) is 0. The zero-order valence-electron chi connectivity index (χ0n) is 16.1. The molecule has 3 nitrogen and oxygen atoms in total. The molecule has 0 amide bonds. The average molecular weight is 437 g/mol. The van der Waals surface area contributed by atoms with Crippen LogP contribution in [-0.2, 0) is 0 Å². The number of furan rings is 1. The molecule has 0 atom stereocenters. The highest BCUT2D eigenvalue weighted by Gasteiger charge is 2.20. The summed E-state index contributed by atoms with van der Waals surface area (Å²) in [5, 5.41) is 5.92. The third kappa shape index (κ3) is 2.40. The summed E-state index contributed by atoms with van der Waals surface area (Å²) in [5.74, 6) is 0. The SMILES string of the molecule is Clc1nc(-c2cccc3c2oc2ccc4ccccc4c23)c2sc3ccccc3c2n1. The van der Waals surface area contributed by atoms with Crippen LogP contribution in [0.3, 0.4) is 0 Å². The zero-order valence-corrected chi connectivity index (χ0v) is 17.7. The highest BCUT2D eigenvalue weighted by Crippen LogP contribution is 2.43. The Bertz CT molecular complexity index is 1820. The average Bonchev–Trinajstić information content (AvgIpc) is 3.37. The lowest BCUT2D eigenvalue weighted by Gasteiger charge is -2.04. The van der Waals surface area contributed by atoms with Gasteiger partial charge < -0.3 is 4.42 Å². The van der Waals surface area contributed by atoms with Crippen LogP contribution in [0.5, 0.6) is 0 Å². The molecular formula is C26H13ClN2OS. The molecule has 7 rings (SSSR count). The van der Waals surface area contributed by atoms with E-state index >= 15 is 0 Å². The number of thiophene rings is 1. The van der Waals surface area contributed by atoms with E-state index in [-0.39, 0.29) is 5.28 Å². The molecule has 3 heterocycles. The van der Waals surface area contributed by atoms with Crippen LogP contribution in [-0.4, -0.2) is 9.97 Å². The van der Waals surface area contributed by atoms with E-state index < -0.39 is 0 Å². The second kappa shape index (κ2) is 6.27. The Kier molecular flexibility index (Phi) is 3.48. The van der Waals surface area contributed by atoms with Gasteiger partial charge in [-0.05, 0) is 40.6 Å². The Balaban J connectivity index is 1.64. The molecule has 146 valence electrons. The second-order valence-corrected chi connectivity index (χ2v) is 8.95. The van der Waals surface area contributed by atoms with Gasteiger partial charge in [0.05, 0.1) is 15.9 Å². The maximum absolute atomic E-state index is 6.41.